The minimum Gasteiger partial charge on any atom is -0.492 e. The third-order valence-corrected chi connectivity index (χ3v) is 5.15. The Bertz CT molecular complexity index is 711. The number of hydrazone groups is 1. The van der Waals surface area contributed by atoms with Gasteiger partial charge in [0.05, 0.1) is 6.21 Å². The molecule has 0 atom stereocenters. The normalized spacial score (nSPS) is 16.2. The monoisotopic (exact) mass is 374 g/mol. The van der Waals surface area contributed by atoms with Crippen molar-refractivity contribution in [2.75, 3.05) is 57.0 Å². The number of para-hydroxylation sites is 1. The number of hydrogen-bond acceptors (Lipinski definition) is 8. The Morgan fingerprint density at radius 2 is 2.04 bits per heavy atom. The van der Waals surface area contributed by atoms with Gasteiger partial charge in [0, 0.05) is 43.7 Å². The lowest BCUT2D eigenvalue weighted by atomic mass is 10.2. The highest BCUT2D eigenvalue weighted by atomic mass is 32.1. The Kier molecular flexibility index (Phi) is 6.82. The topological polar surface area (TPSA) is 79.0 Å². The largest absolute Gasteiger partial charge is 0.492 e. The van der Waals surface area contributed by atoms with Crippen LogP contribution in [0.15, 0.2) is 34.7 Å². The summed E-state index contributed by atoms with van der Waals surface area (Å²) in [5, 5.41) is 6.67. The summed E-state index contributed by atoms with van der Waals surface area (Å²) in [6.07, 6.45) is 1.74. The van der Waals surface area contributed by atoms with Crippen LogP contribution in [-0.4, -0.2) is 66.9 Å². The molecule has 26 heavy (non-hydrogen) atoms. The molecule has 0 radical (unpaired) electrons. The van der Waals surface area contributed by atoms with E-state index in [9.17, 15) is 0 Å². The van der Waals surface area contributed by atoms with Gasteiger partial charge in [-0.15, -0.1) is 11.3 Å². The molecular weight excluding hydrogens is 348 g/mol. The number of anilines is 2. The van der Waals surface area contributed by atoms with E-state index >= 15 is 0 Å². The fraction of sp³-hybridized carbons (Fsp3) is 0.444. The predicted molar refractivity (Wildman–Crippen MR) is 108 cm³/mol. The summed E-state index contributed by atoms with van der Waals surface area (Å²) in [5.74, 6) is 1.33. The van der Waals surface area contributed by atoms with Crippen LogP contribution in [-0.2, 0) is 0 Å². The first-order valence-corrected chi connectivity index (χ1v) is 9.79. The quantitative estimate of drug-likeness (QED) is 0.545. The summed E-state index contributed by atoms with van der Waals surface area (Å²) in [7, 11) is 0. The van der Waals surface area contributed by atoms with Crippen LogP contribution in [0.3, 0.4) is 0 Å². The lowest BCUT2D eigenvalue weighted by Crippen LogP contribution is -2.47. The van der Waals surface area contributed by atoms with Gasteiger partial charge in [0.15, 0.2) is 0 Å². The van der Waals surface area contributed by atoms with E-state index in [0.29, 0.717) is 17.6 Å². The molecule has 1 saturated heterocycles. The zero-order valence-corrected chi connectivity index (χ0v) is 15.9. The maximum Gasteiger partial charge on any atom is 0.205 e. The Labute approximate surface area is 158 Å². The van der Waals surface area contributed by atoms with Crippen LogP contribution < -0.4 is 15.9 Å². The molecule has 2 aromatic rings. The van der Waals surface area contributed by atoms with Crippen molar-refractivity contribution in [1.29, 1.82) is 0 Å². The van der Waals surface area contributed by atoms with Gasteiger partial charge in [-0.3, -0.25) is 10.3 Å². The van der Waals surface area contributed by atoms with E-state index < -0.39 is 0 Å². The van der Waals surface area contributed by atoms with Crippen molar-refractivity contribution in [3.05, 3.63) is 35.2 Å². The standard InChI is InChI=1S/C18H26N6OS/c1-2-23-7-9-24(10-8-23)11-12-25-16-6-4-3-5-15(16)13-20-22-18-21-17(19)14-26-18/h3-6,13-14H,2,7-12,19H2,1H3,(H,21,22). The molecular formula is C18H26N6OS. The molecule has 1 fully saturated rings. The second-order valence-corrected chi connectivity index (χ2v) is 6.97. The first-order valence-electron chi connectivity index (χ1n) is 8.91. The highest BCUT2D eigenvalue weighted by molar-refractivity contribution is 7.14. The maximum absolute atomic E-state index is 5.99. The number of ether oxygens (including phenoxy) is 1. The van der Waals surface area contributed by atoms with Gasteiger partial charge in [0.2, 0.25) is 5.13 Å². The number of nitrogens with two attached hydrogens (primary N) is 1. The molecule has 3 N–H and O–H groups in total. The molecule has 1 aliphatic rings. The van der Waals surface area contributed by atoms with Crippen LogP contribution in [0, 0.1) is 0 Å². The molecule has 8 heteroatoms. The first kappa shape index (κ1) is 18.6. The van der Waals surface area contributed by atoms with Crippen molar-refractivity contribution in [3.8, 4) is 5.75 Å². The number of nitrogen functional groups attached to an aromatic ring is 1. The smallest absolute Gasteiger partial charge is 0.205 e. The van der Waals surface area contributed by atoms with Gasteiger partial charge in [0.1, 0.15) is 18.2 Å². The van der Waals surface area contributed by atoms with Crippen molar-refractivity contribution in [2.24, 2.45) is 5.10 Å². The molecule has 7 nitrogen and oxygen atoms in total. The Morgan fingerprint density at radius 3 is 2.77 bits per heavy atom. The molecule has 1 aliphatic heterocycles. The van der Waals surface area contributed by atoms with Crippen LogP contribution in [0.4, 0.5) is 10.9 Å². The average Bonchev–Trinajstić information content (AvgIpc) is 3.09. The summed E-state index contributed by atoms with van der Waals surface area (Å²) in [4.78, 5) is 9.04. The van der Waals surface area contributed by atoms with Gasteiger partial charge in [-0.25, -0.2) is 4.98 Å². The zero-order valence-electron chi connectivity index (χ0n) is 15.1. The van der Waals surface area contributed by atoms with Gasteiger partial charge in [0.25, 0.3) is 0 Å². The van der Waals surface area contributed by atoms with E-state index in [4.69, 9.17) is 10.5 Å². The molecule has 0 saturated carbocycles. The van der Waals surface area contributed by atoms with E-state index in [0.717, 1.165) is 50.6 Å². The Morgan fingerprint density at radius 1 is 1.27 bits per heavy atom. The minimum atomic E-state index is 0.496. The van der Waals surface area contributed by atoms with Crippen LogP contribution >= 0.6 is 11.3 Å². The molecule has 140 valence electrons. The molecule has 2 heterocycles. The fourth-order valence-corrected chi connectivity index (χ4v) is 3.38. The number of aromatic nitrogens is 1. The number of nitrogens with zero attached hydrogens (tertiary/aromatic N) is 4. The van der Waals surface area contributed by atoms with E-state index in [1.807, 2.05) is 24.3 Å². The molecule has 0 bridgehead atoms. The number of likely N-dealkylation sites (N-methyl/N-ethyl adjacent to an activating group) is 1. The molecule has 0 aliphatic carbocycles. The molecule has 0 unspecified atom stereocenters. The molecule has 1 aromatic heterocycles. The Hall–Kier alpha value is -2.16. The van der Waals surface area contributed by atoms with Crippen LogP contribution in [0.5, 0.6) is 5.75 Å². The van der Waals surface area contributed by atoms with Crippen LogP contribution in [0.1, 0.15) is 12.5 Å². The number of rotatable bonds is 8. The van der Waals surface area contributed by atoms with Crippen molar-refractivity contribution < 1.29 is 4.74 Å². The van der Waals surface area contributed by atoms with E-state index in [1.165, 1.54) is 11.3 Å². The van der Waals surface area contributed by atoms with Crippen molar-refractivity contribution in [3.63, 3.8) is 0 Å². The maximum atomic E-state index is 5.99. The van der Waals surface area contributed by atoms with E-state index in [-0.39, 0.29) is 0 Å². The molecule has 1 aromatic carbocycles. The fourth-order valence-electron chi connectivity index (χ4n) is 2.83. The van der Waals surface area contributed by atoms with Crippen LogP contribution in [0.25, 0.3) is 0 Å². The van der Waals surface area contributed by atoms with Crippen molar-refractivity contribution in [2.45, 2.75) is 6.92 Å². The van der Waals surface area contributed by atoms with Crippen molar-refractivity contribution >= 4 is 28.5 Å². The zero-order chi connectivity index (χ0) is 18.2. The molecule has 3 rings (SSSR count). The van der Waals surface area contributed by atoms with Gasteiger partial charge in [-0.05, 0) is 18.7 Å². The third kappa shape index (κ3) is 5.42. The SMILES string of the molecule is CCN1CCN(CCOc2ccccc2C=NNc2nc(N)cs2)CC1. The van der Waals surface area contributed by atoms with Crippen LogP contribution in [0.2, 0.25) is 0 Å². The number of benzene rings is 1. The van der Waals surface area contributed by atoms with Gasteiger partial charge in [-0.2, -0.15) is 5.10 Å². The van der Waals surface area contributed by atoms with E-state index in [2.05, 4.69) is 32.2 Å². The van der Waals surface area contributed by atoms with Gasteiger partial charge in [-0.1, -0.05) is 19.1 Å². The second kappa shape index (κ2) is 9.51. The highest BCUT2D eigenvalue weighted by Gasteiger charge is 2.15. The van der Waals surface area contributed by atoms with E-state index in [1.54, 1.807) is 11.6 Å². The second-order valence-electron chi connectivity index (χ2n) is 6.11. The predicted octanol–water partition coefficient (Wildman–Crippen LogP) is 2.19. The summed E-state index contributed by atoms with van der Waals surface area (Å²) in [6, 6.07) is 7.90. The molecule has 0 spiro atoms. The summed E-state index contributed by atoms with van der Waals surface area (Å²) in [6.45, 7) is 9.49. The van der Waals surface area contributed by atoms with Gasteiger partial charge >= 0.3 is 0 Å². The summed E-state index contributed by atoms with van der Waals surface area (Å²) < 4.78 is 5.99. The summed E-state index contributed by atoms with van der Waals surface area (Å²) in [5.41, 5.74) is 9.42. The first-order chi connectivity index (χ1) is 12.7. The Balaban J connectivity index is 1.47. The summed E-state index contributed by atoms with van der Waals surface area (Å²) >= 11 is 1.42. The van der Waals surface area contributed by atoms with Gasteiger partial charge < -0.3 is 15.4 Å². The number of piperazine rings is 1. The number of nitrogens with one attached hydrogen (secondary N) is 1. The van der Waals surface area contributed by atoms with Crippen molar-refractivity contribution in [1.82, 2.24) is 14.8 Å². The lowest BCUT2D eigenvalue weighted by molar-refractivity contribution is 0.121. The minimum absolute atomic E-state index is 0.496. The molecule has 0 amide bonds. The average molecular weight is 375 g/mol. The number of hydrogen-bond donors (Lipinski definition) is 2. The number of thiazole rings is 1. The lowest BCUT2D eigenvalue weighted by Gasteiger charge is -2.33. The third-order valence-electron chi connectivity index (χ3n) is 4.38. The highest BCUT2D eigenvalue weighted by Crippen LogP contribution is 2.18.